The number of nitrogens with zero attached hydrogens (tertiary/aromatic N) is 3. The lowest BCUT2D eigenvalue weighted by Crippen LogP contribution is -2.35. The smallest absolute Gasteiger partial charge is 0.245 e. The van der Waals surface area contributed by atoms with E-state index in [4.69, 9.17) is 4.74 Å². The number of likely N-dealkylation sites (N-methyl/N-ethyl adjacent to an activating group) is 1. The minimum Gasteiger partial charge on any atom is -0.381 e. The molecule has 7 nitrogen and oxygen atoms in total. The number of aromatic nitrogens is 2. The van der Waals surface area contributed by atoms with Gasteiger partial charge in [0.25, 0.3) is 0 Å². The third kappa shape index (κ3) is 4.26. The van der Waals surface area contributed by atoms with Crippen LogP contribution in [0.15, 0.2) is 17.3 Å². The molecule has 1 atom stereocenters. The van der Waals surface area contributed by atoms with Gasteiger partial charge in [-0.2, -0.15) is 5.10 Å². The minimum absolute atomic E-state index is 0.248. The standard InChI is InChI=1S/C13H24N4O3S/c1-14-5-6-17-10-13(8-15-17)21(18,19)16(2)9-12-4-3-7-20-11-12/h8,10,12,14H,3-7,9,11H2,1-2H3. The topological polar surface area (TPSA) is 76.5 Å². The molecular weight excluding hydrogens is 292 g/mol. The van der Waals surface area contributed by atoms with Crippen LogP contribution in [0.2, 0.25) is 0 Å². The molecule has 1 aliphatic rings. The SMILES string of the molecule is CNCCn1cc(S(=O)(=O)N(C)CC2CCCOC2)cn1. The van der Waals surface area contributed by atoms with Crippen molar-refractivity contribution in [1.29, 1.82) is 0 Å². The number of rotatable bonds is 7. The number of ether oxygens (including phenoxy) is 1. The molecule has 0 amide bonds. The second-order valence-electron chi connectivity index (χ2n) is 5.41. The first-order chi connectivity index (χ1) is 10.0. The zero-order valence-electron chi connectivity index (χ0n) is 12.7. The Balaban J connectivity index is 2.00. The molecule has 2 heterocycles. The number of hydrogen-bond donors (Lipinski definition) is 1. The molecule has 2 rings (SSSR count). The zero-order chi connectivity index (χ0) is 15.3. The van der Waals surface area contributed by atoms with E-state index < -0.39 is 10.0 Å². The van der Waals surface area contributed by atoms with E-state index in [0.717, 1.165) is 26.0 Å². The summed E-state index contributed by atoms with van der Waals surface area (Å²) in [6, 6.07) is 0. The zero-order valence-corrected chi connectivity index (χ0v) is 13.5. The van der Waals surface area contributed by atoms with Gasteiger partial charge in [0.1, 0.15) is 4.90 Å². The molecule has 0 bridgehead atoms. The molecule has 21 heavy (non-hydrogen) atoms. The molecule has 1 fully saturated rings. The quantitative estimate of drug-likeness (QED) is 0.775. The summed E-state index contributed by atoms with van der Waals surface area (Å²) in [5, 5.41) is 7.10. The Morgan fingerprint density at radius 1 is 1.57 bits per heavy atom. The third-order valence-electron chi connectivity index (χ3n) is 3.68. The lowest BCUT2D eigenvalue weighted by Gasteiger charge is -2.26. The fourth-order valence-electron chi connectivity index (χ4n) is 2.42. The predicted octanol–water partition coefficient (Wildman–Crippen LogP) is 0.150. The Labute approximate surface area is 126 Å². The van der Waals surface area contributed by atoms with Crippen molar-refractivity contribution in [3.8, 4) is 0 Å². The van der Waals surface area contributed by atoms with Crippen LogP contribution in [0, 0.1) is 5.92 Å². The summed E-state index contributed by atoms with van der Waals surface area (Å²) in [6.07, 6.45) is 5.02. The first kappa shape index (κ1) is 16.4. The van der Waals surface area contributed by atoms with Gasteiger partial charge in [-0.15, -0.1) is 0 Å². The molecule has 120 valence electrons. The molecule has 1 aliphatic heterocycles. The lowest BCUT2D eigenvalue weighted by molar-refractivity contribution is 0.0495. The fraction of sp³-hybridized carbons (Fsp3) is 0.769. The molecule has 8 heteroatoms. The number of sulfonamides is 1. The van der Waals surface area contributed by atoms with E-state index >= 15 is 0 Å². The van der Waals surface area contributed by atoms with Crippen LogP contribution in [0.3, 0.4) is 0 Å². The molecule has 0 radical (unpaired) electrons. The van der Waals surface area contributed by atoms with Gasteiger partial charge in [-0.1, -0.05) is 0 Å². The van der Waals surface area contributed by atoms with Crippen LogP contribution in [0.25, 0.3) is 0 Å². The molecule has 1 saturated heterocycles. The summed E-state index contributed by atoms with van der Waals surface area (Å²) in [6.45, 7) is 3.30. The largest absolute Gasteiger partial charge is 0.381 e. The summed E-state index contributed by atoms with van der Waals surface area (Å²) in [7, 11) is -0.000222. The highest BCUT2D eigenvalue weighted by atomic mass is 32.2. The second-order valence-corrected chi connectivity index (χ2v) is 7.46. The van der Waals surface area contributed by atoms with Crippen molar-refractivity contribution in [3.63, 3.8) is 0 Å². The van der Waals surface area contributed by atoms with Gasteiger partial charge < -0.3 is 10.1 Å². The van der Waals surface area contributed by atoms with Crippen molar-refractivity contribution in [1.82, 2.24) is 19.4 Å². The van der Waals surface area contributed by atoms with Crippen molar-refractivity contribution < 1.29 is 13.2 Å². The molecule has 0 aromatic carbocycles. The van der Waals surface area contributed by atoms with Gasteiger partial charge in [0, 0.05) is 32.9 Å². The summed E-state index contributed by atoms with van der Waals surface area (Å²) >= 11 is 0. The van der Waals surface area contributed by atoms with Crippen LogP contribution in [0.1, 0.15) is 12.8 Å². The highest BCUT2D eigenvalue weighted by Crippen LogP contribution is 2.19. The molecule has 1 unspecified atom stereocenters. The summed E-state index contributed by atoms with van der Waals surface area (Å²) in [5.41, 5.74) is 0. The Bertz CT molecular complexity index is 537. The van der Waals surface area contributed by atoms with Gasteiger partial charge in [0.15, 0.2) is 0 Å². The molecule has 0 aliphatic carbocycles. The van der Waals surface area contributed by atoms with Gasteiger partial charge in [0.2, 0.25) is 10.0 Å². The Morgan fingerprint density at radius 2 is 2.38 bits per heavy atom. The van der Waals surface area contributed by atoms with Gasteiger partial charge in [-0.3, -0.25) is 4.68 Å². The van der Waals surface area contributed by atoms with Gasteiger partial charge in [-0.25, -0.2) is 12.7 Å². The van der Waals surface area contributed by atoms with E-state index in [1.165, 1.54) is 10.5 Å². The van der Waals surface area contributed by atoms with Crippen LogP contribution in [0.4, 0.5) is 0 Å². The second kappa shape index (κ2) is 7.35. The molecule has 0 saturated carbocycles. The summed E-state index contributed by atoms with van der Waals surface area (Å²) in [5.74, 6) is 0.276. The van der Waals surface area contributed by atoms with Crippen LogP contribution in [0.5, 0.6) is 0 Å². The first-order valence-electron chi connectivity index (χ1n) is 7.25. The Kier molecular flexibility index (Phi) is 5.74. The van der Waals surface area contributed by atoms with Crippen molar-refractivity contribution in [3.05, 3.63) is 12.4 Å². The normalized spacial score (nSPS) is 20.0. The van der Waals surface area contributed by atoms with E-state index in [-0.39, 0.29) is 10.8 Å². The molecule has 1 aromatic rings. The molecule has 0 spiro atoms. The highest BCUT2D eigenvalue weighted by molar-refractivity contribution is 7.89. The summed E-state index contributed by atoms with van der Waals surface area (Å²) < 4.78 is 33.5. The summed E-state index contributed by atoms with van der Waals surface area (Å²) in [4.78, 5) is 0.248. The number of nitrogens with one attached hydrogen (secondary N) is 1. The van der Waals surface area contributed by atoms with E-state index in [9.17, 15) is 8.42 Å². The maximum Gasteiger partial charge on any atom is 0.245 e. The molecular formula is C13H24N4O3S. The monoisotopic (exact) mass is 316 g/mol. The van der Waals surface area contributed by atoms with Crippen LogP contribution in [-0.2, 0) is 21.3 Å². The lowest BCUT2D eigenvalue weighted by atomic mass is 10.0. The maximum atomic E-state index is 12.5. The van der Waals surface area contributed by atoms with Gasteiger partial charge in [-0.05, 0) is 25.8 Å². The third-order valence-corrected chi connectivity index (χ3v) is 5.45. The maximum absolute atomic E-state index is 12.5. The van der Waals surface area contributed by atoms with Crippen molar-refractivity contribution in [2.75, 3.05) is 40.4 Å². The van der Waals surface area contributed by atoms with Crippen LogP contribution in [-0.4, -0.2) is 62.9 Å². The predicted molar refractivity (Wildman–Crippen MR) is 79.5 cm³/mol. The van der Waals surface area contributed by atoms with E-state index in [0.29, 0.717) is 19.7 Å². The van der Waals surface area contributed by atoms with Gasteiger partial charge >= 0.3 is 0 Å². The van der Waals surface area contributed by atoms with E-state index in [1.807, 2.05) is 7.05 Å². The van der Waals surface area contributed by atoms with Crippen molar-refractivity contribution in [2.24, 2.45) is 5.92 Å². The highest BCUT2D eigenvalue weighted by Gasteiger charge is 2.26. The minimum atomic E-state index is -3.47. The molecule has 1 N–H and O–H groups in total. The average molecular weight is 316 g/mol. The Morgan fingerprint density at radius 3 is 3.05 bits per heavy atom. The molecule has 1 aromatic heterocycles. The van der Waals surface area contributed by atoms with E-state index in [2.05, 4.69) is 10.4 Å². The van der Waals surface area contributed by atoms with Crippen molar-refractivity contribution >= 4 is 10.0 Å². The first-order valence-corrected chi connectivity index (χ1v) is 8.69. The van der Waals surface area contributed by atoms with Crippen molar-refractivity contribution in [2.45, 2.75) is 24.3 Å². The fourth-order valence-corrected chi connectivity index (χ4v) is 3.62. The Hall–Kier alpha value is -0.960. The van der Waals surface area contributed by atoms with Gasteiger partial charge in [0.05, 0.1) is 19.3 Å². The number of hydrogen-bond acceptors (Lipinski definition) is 5. The van der Waals surface area contributed by atoms with E-state index in [1.54, 1.807) is 17.9 Å². The van der Waals surface area contributed by atoms with Crippen LogP contribution >= 0.6 is 0 Å². The van der Waals surface area contributed by atoms with Crippen LogP contribution < -0.4 is 5.32 Å². The average Bonchev–Trinajstić information content (AvgIpc) is 2.95.